The molecule has 0 radical (unpaired) electrons. The van der Waals surface area contributed by atoms with E-state index in [1.54, 1.807) is 25.1 Å². The second kappa shape index (κ2) is 10.2. The molecule has 162 valence electrons. The molecule has 0 bridgehead atoms. The molecule has 0 unspecified atom stereocenters. The topological polar surface area (TPSA) is 59.3 Å². The largest absolute Gasteiger partial charge is 0.314 e. The molecule has 0 spiro atoms. The van der Waals surface area contributed by atoms with Gasteiger partial charge in [0.15, 0.2) is 5.16 Å². The van der Waals surface area contributed by atoms with Crippen molar-refractivity contribution in [2.75, 3.05) is 5.75 Å². The van der Waals surface area contributed by atoms with E-state index in [-0.39, 0.29) is 11.7 Å². The molecule has 0 atom stereocenters. The van der Waals surface area contributed by atoms with Gasteiger partial charge in [-0.2, -0.15) is 5.10 Å². The lowest BCUT2D eigenvalue weighted by molar-refractivity contribution is -0.118. The fourth-order valence-electron chi connectivity index (χ4n) is 3.23. The summed E-state index contributed by atoms with van der Waals surface area (Å²) in [6.45, 7) is 2.46. The summed E-state index contributed by atoms with van der Waals surface area (Å²) in [7, 11) is 0. The lowest BCUT2D eigenvalue weighted by Gasteiger charge is -2.09. The first-order valence-electron chi connectivity index (χ1n) is 9.92. The van der Waals surface area contributed by atoms with E-state index in [2.05, 4.69) is 27.2 Å². The first kappa shape index (κ1) is 22.4. The summed E-state index contributed by atoms with van der Waals surface area (Å²) < 4.78 is 2.13. The summed E-state index contributed by atoms with van der Waals surface area (Å²) in [6.07, 6.45) is 0. The normalized spacial score (nSPS) is 11.7. The van der Waals surface area contributed by atoms with Crippen LogP contribution in [0.1, 0.15) is 18.1 Å². The molecule has 4 rings (SSSR count). The molecule has 0 saturated heterocycles. The predicted molar refractivity (Wildman–Crippen MR) is 133 cm³/mol. The van der Waals surface area contributed by atoms with Crippen LogP contribution in [0.5, 0.6) is 0 Å². The molecule has 4 aromatic rings. The molecule has 0 saturated carbocycles. The van der Waals surface area contributed by atoms with Crippen LogP contribution in [0.3, 0.4) is 0 Å². The van der Waals surface area contributed by atoms with Gasteiger partial charge in [0.2, 0.25) is 0 Å². The van der Waals surface area contributed by atoms with Gasteiger partial charge >= 0.3 is 0 Å². The maximum atomic E-state index is 12.4. The zero-order chi connectivity index (χ0) is 22.5. The van der Waals surface area contributed by atoms with E-state index in [0.29, 0.717) is 27.9 Å². The maximum absolute atomic E-state index is 12.4. The van der Waals surface area contributed by atoms with Crippen LogP contribution in [-0.4, -0.2) is 26.9 Å². The highest BCUT2D eigenvalue weighted by Gasteiger charge is 2.13. The number of aromatic nitrogens is 2. The van der Waals surface area contributed by atoms with E-state index in [1.807, 2.05) is 42.5 Å². The molecular weight excluding hydrogens is 463 g/mol. The van der Waals surface area contributed by atoms with E-state index < -0.39 is 0 Å². The second-order valence-electron chi connectivity index (χ2n) is 7.10. The zero-order valence-corrected chi connectivity index (χ0v) is 19.6. The number of halogens is 2. The first-order chi connectivity index (χ1) is 15.5. The van der Waals surface area contributed by atoms with Crippen molar-refractivity contribution in [1.29, 1.82) is 0 Å². The van der Waals surface area contributed by atoms with Crippen molar-refractivity contribution in [3.8, 4) is 0 Å². The molecular formula is C24H20Cl2N4OS. The minimum atomic E-state index is -0.224. The summed E-state index contributed by atoms with van der Waals surface area (Å²) in [5.74, 6) is -0.0405. The number of hydrogen-bond acceptors (Lipinski definition) is 4. The Morgan fingerprint density at radius 3 is 2.59 bits per heavy atom. The third kappa shape index (κ3) is 5.33. The Labute approximate surface area is 200 Å². The van der Waals surface area contributed by atoms with Crippen molar-refractivity contribution in [3.05, 3.63) is 94.0 Å². The average molecular weight is 483 g/mol. The summed E-state index contributed by atoms with van der Waals surface area (Å²) in [4.78, 5) is 17.2. The predicted octanol–water partition coefficient (Wildman–Crippen LogP) is 6.02. The molecule has 5 nitrogen and oxygen atoms in total. The molecule has 1 heterocycles. The zero-order valence-electron chi connectivity index (χ0n) is 17.3. The molecule has 3 aromatic carbocycles. The fourth-order valence-corrected chi connectivity index (χ4v) is 4.59. The van der Waals surface area contributed by atoms with Crippen molar-refractivity contribution in [2.45, 2.75) is 18.6 Å². The van der Waals surface area contributed by atoms with E-state index in [9.17, 15) is 4.79 Å². The van der Waals surface area contributed by atoms with Crippen molar-refractivity contribution < 1.29 is 4.79 Å². The number of para-hydroxylation sites is 2. The minimum Gasteiger partial charge on any atom is -0.314 e. The molecule has 0 aliphatic carbocycles. The summed E-state index contributed by atoms with van der Waals surface area (Å²) in [5.41, 5.74) is 7.01. The Balaban J connectivity index is 1.46. The number of nitrogens with one attached hydrogen (secondary N) is 1. The third-order valence-corrected chi connectivity index (χ3v) is 6.33. The Kier molecular flexibility index (Phi) is 7.15. The molecule has 8 heteroatoms. The number of carbonyl (C=O) groups excluding carboxylic acids is 1. The van der Waals surface area contributed by atoms with Gasteiger partial charge in [0, 0.05) is 10.6 Å². The highest BCUT2D eigenvalue weighted by atomic mass is 35.5. The van der Waals surface area contributed by atoms with E-state index in [1.165, 1.54) is 17.3 Å². The van der Waals surface area contributed by atoms with Gasteiger partial charge in [0.05, 0.1) is 34.1 Å². The van der Waals surface area contributed by atoms with E-state index in [0.717, 1.165) is 16.2 Å². The summed E-state index contributed by atoms with van der Waals surface area (Å²) >= 11 is 13.5. The van der Waals surface area contributed by atoms with E-state index >= 15 is 0 Å². The van der Waals surface area contributed by atoms with Crippen molar-refractivity contribution in [3.63, 3.8) is 0 Å². The number of imidazole rings is 1. The van der Waals surface area contributed by atoms with Crippen LogP contribution in [0.15, 0.2) is 83.1 Å². The number of thioether (sulfide) groups is 1. The number of carbonyl (C=O) groups is 1. The van der Waals surface area contributed by atoms with Crippen molar-refractivity contribution in [1.82, 2.24) is 15.0 Å². The molecule has 0 aliphatic heterocycles. The minimum absolute atomic E-state index is 0.184. The number of nitrogens with zero attached hydrogens (tertiary/aromatic N) is 3. The molecule has 32 heavy (non-hydrogen) atoms. The smallest absolute Gasteiger partial charge is 0.250 e. The van der Waals surface area contributed by atoms with Gasteiger partial charge in [-0.3, -0.25) is 4.79 Å². The van der Waals surface area contributed by atoms with Gasteiger partial charge < -0.3 is 4.57 Å². The van der Waals surface area contributed by atoms with Crippen LogP contribution >= 0.6 is 35.0 Å². The Bertz CT molecular complexity index is 1290. The summed E-state index contributed by atoms with van der Waals surface area (Å²) in [6, 6.07) is 23.3. The Morgan fingerprint density at radius 1 is 1.06 bits per heavy atom. The van der Waals surface area contributed by atoms with Crippen LogP contribution in [0, 0.1) is 0 Å². The fraction of sp³-hybridized carbons (Fsp3) is 0.125. The molecule has 1 aromatic heterocycles. The third-order valence-electron chi connectivity index (χ3n) is 4.80. The first-order valence-corrected chi connectivity index (χ1v) is 11.7. The van der Waals surface area contributed by atoms with Crippen LogP contribution < -0.4 is 5.43 Å². The van der Waals surface area contributed by atoms with E-state index in [4.69, 9.17) is 28.2 Å². The number of rotatable bonds is 7. The lowest BCUT2D eigenvalue weighted by atomic mass is 10.1. The average Bonchev–Trinajstić information content (AvgIpc) is 3.14. The van der Waals surface area contributed by atoms with Crippen LogP contribution in [0.4, 0.5) is 0 Å². The highest BCUT2D eigenvalue weighted by molar-refractivity contribution is 7.99. The van der Waals surface area contributed by atoms with Crippen LogP contribution in [0.25, 0.3) is 11.0 Å². The van der Waals surface area contributed by atoms with Gasteiger partial charge in [-0.25, -0.2) is 10.4 Å². The van der Waals surface area contributed by atoms with Gasteiger partial charge in [-0.1, -0.05) is 83.5 Å². The number of hydrogen-bond donors (Lipinski definition) is 1. The van der Waals surface area contributed by atoms with Crippen molar-refractivity contribution in [2.24, 2.45) is 5.10 Å². The quantitative estimate of drug-likeness (QED) is 0.199. The van der Waals surface area contributed by atoms with Crippen LogP contribution in [-0.2, 0) is 11.3 Å². The maximum Gasteiger partial charge on any atom is 0.250 e. The second-order valence-corrected chi connectivity index (χ2v) is 8.89. The van der Waals surface area contributed by atoms with Gasteiger partial charge in [0.1, 0.15) is 0 Å². The molecule has 0 aliphatic rings. The van der Waals surface area contributed by atoms with Gasteiger partial charge in [0.25, 0.3) is 5.91 Å². The lowest BCUT2D eigenvalue weighted by Crippen LogP contribution is -2.21. The molecule has 1 amide bonds. The number of amides is 1. The molecule has 0 fully saturated rings. The monoisotopic (exact) mass is 482 g/mol. The van der Waals surface area contributed by atoms with Gasteiger partial charge in [-0.05, 0) is 36.8 Å². The Morgan fingerprint density at radius 2 is 1.81 bits per heavy atom. The molecule has 1 N–H and O–H groups in total. The highest BCUT2D eigenvalue weighted by Crippen LogP contribution is 2.25. The number of fused-ring (bicyclic) bond motifs is 1. The Hall–Kier alpha value is -2.80. The van der Waals surface area contributed by atoms with Crippen LogP contribution in [0.2, 0.25) is 10.0 Å². The van der Waals surface area contributed by atoms with Gasteiger partial charge in [-0.15, -0.1) is 0 Å². The SMILES string of the molecule is C/C(=N\NC(=O)CSc1nc2ccccc2n1Cc1ccccc1)c1ccc(Cl)cc1Cl. The summed E-state index contributed by atoms with van der Waals surface area (Å²) in [5, 5.41) is 5.99. The standard InChI is InChI=1S/C24H20Cl2N4OS/c1-16(19-12-11-18(25)13-20(19)26)28-29-23(31)15-32-24-27-21-9-5-6-10-22(21)30(24)14-17-7-3-2-4-8-17/h2-13H,14-15H2,1H3,(H,29,31)/b28-16+. The number of hydrazone groups is 1. The number of benzene rings is 3. The van der Waals surface area contributed by atoms with Crippen molar-refractivity contribution >= 4 is 57.6 Å².